The Morgan fingerprint density at radius 1 is 1.21 bits per heavy atom. The summed E-state index contributed by atoms with van der Waals surface area (Å²) in [4.78, 5) is 14.8. The lowest BCUT2D eigenvalue weighted by Crippen LogP contribution is -2.49. The third kappa shape index (κ3) is 4.93. The fraction of sp³-hybridized carbons (Fsp3) is 0.316. The Bertz CT molecular complexity index is 855. The lowest BCUT2D eigenvalue weighted by molar-refractivity contribution is -0.384. The Labute approximate surface area is 167 Å². The van der Waals surface area contributed by atoms with Gasteiger partial charge in [-0.05, 0) is 36.0 Å². The SMILES string of the molecule is COc1cc([N+](=O)[O-])ccc1NC(=S)N1CCN(Cc2ccc(F)cc2)CC1. The molecule has 9 heteroatoms. The highest BCUT2D eigenvalue weighted by molar-refractivity contribution is 7.80. The summed E-state index contributed by atoms with van der Waals surface area (Å²) in [5.41, 5.74) is 1.63. The smallest absolute Gasteiger partial charge is 0.273 e. The van der Waals surface area contributed by atoms with Crippen LogP contribution in [0.4, 0.5) is 15.8 Å². The number of thiocarbonyl (C=S) groups is 1. The molecule has 3 rings (SSSR count). The molecule has 7 nitrogen and oxygen atoms in total. The predicted octanol–water partition coefficient (Wildman–Crippen LogP) is 3.26. The van der Waals surface area contributed by atoms with Gasteiger partial charge >= 0.3 is 0 Å². The fourth-order valence-electron chi connectivity index (χ4n) is 3.05. The van der Waals surface area contributed by atoms with Crippen LogP contribution < -0.4 is 10.1 Å². The van der Waals surface area contributed by atoms with Crippen LogP contribution in [0.15, 0.2) is 42.5 Å². The molecule has 1 aliphatic heterocycles. The number of hydrogen-bond donors (Lipinski definition) is 1. The third-order valence-electron chi connectivity index (χ3n) is 4.62. The number of piperazine rings is 1. The first-order valence-corrected chi connectivity index (χ1v) is 9.22. The van der Waals surface area contributed by atoms with Crippen molar-refractivity contribution in [1.82, 2.24) is 9.80 Å². The molecule has 1 N–H and O–H groups in total. The number of ether oxygens (including phenoxy) is 1. The van der Waals surface area contributed by atoms with Crippen LogP contribution in [0, 0.1) is 15.9 Å². The number of rotatable bonds is 5. The zero-order valence-electron chi connectivity index (χ0n) is 15.4. The molecule has 0 amide bonds. The third-order valence-corrected chi connectivity index (χ3v) is 4.98. The summed E-state index contributed by atoms with van der Waals surface area (Å²) in [6, 6.07) is 10.9. The predicted molar refractivity (Wildman–Crippen MR) is 109 cm³/mol. The molecule has 2 aromatic carbocycles. The molecule has 0 aliphatic carbocycles. The Morgan fingerprint density at radius 3 is 2.50 bits per heavy atom. The molecular formula is C19H21FN4O3S. The second-order valence-electron chi connectivity index (χ2n) is 6.46. The van der Waals surface area contributed by atoms with Crippen molar-refractivity contribution in [3.8, 4) is 5.75 Å². The molecule has 1 fully saturated rings. The lowest BCUT2D eigenvalue weighted by Gasteiger charge is -2.36. The summed E-state index contributed by atoms with van der Waals surface area (Å²) in [7, 11) is 1.46. The number of methoxy groups -OCH3 is 1. The molecule has 0 atom stereocenters. The van der Waals surface area contributed by atoms with Gasteiger partial charge in [0.25, 0.3) is 5.69 Å². The van der Waals surface area contributed by atoms with Gasteiger partial charge in [0.15, 0.2) is 5.11 Å². The van der Waals surface area contributed by atoms with Gasteiger partial charge in [0.05, 0.1) is 23.8 Å². The summed E-state index contributed by atoms with van der Waals surface area (Å²) in [5.74, 6) is 0.137. The van der Waals surface area contributed by atoms with Gasteiger partial charge in [-0.2, -0.15) is 0 Å². The molecule has 1 aliphatic rings. The van der Waals surface area contributed by atoms with Crippen molar-refractivity contribution < 1.29 is 14.1 Å². The highest BCUT2D eigenvalue weighted by Gasteiger charge is 2.20. The van der Waals surface area contributed by atoms with E-state index in [0.717, 1.165) is 38.3 Å². The number of benzene rings is 2. The molecule has 0 saturated carbocycles. The Morgan fingerprint density at radius 2 is 1.89 bits per heavy atom. The molecule has 0 aromatic heterocycles. The number of nitrogens with zero attached hydrogens (tertiary/aromatic N) is 3. The largest absolute Gasteiger partial charge is 0.494 e. The minimum Gasteiger partial charge on any atom is -0.494 e. The molecule has 0 radical (unpaired) electrons. The molecule has 0 unspecified atom stereocenters. The van der Waals surface area contributed by atoms with Crippen molar-refractivity contribution in [3.05, 3.63) is 64.0 Å². The number of anilines is 1. The Hall–Kier alpha value is -2.78. The minimum atomic E-state index is -0.467. The Balaban J connectivity index is 1.55. The van der Waals surface area contributed by atoms with E-state index < -0.39 is 4.92 Å². The van der Waals surface area contributed by atoms with Crippen LogP contribution >= 0.6 is 12.2 Å². The average molecular weight is 404 g/mol. The van der Waals surface area contributed by atoms with Crippen molar-refractivity contribution in [2.45, 2.75) is 6.54 Å². The summed E-state index contributed by atoms with van der Waals surface area (Å²) < 4.78 is 18.3. The van der Waals surface area contributed by atoms with Crippen molar-refractivity contribution in [3.63, 3.8) is 0 Å². The van der Waals surface area contributed by atoms with Gasteiger partial charge in [-0.3, -0.25) is 15.0 Å². The van der Waals surface area contributed by atoms with Crippen molar-refractivity contribution >= 4 is 28.7 Å². The fourth-order valence-corrected chi connectivity index (χ4v) is 3.34. The van der Waals surface area contributed by atoms with Crippen LogP contribution in [-0.4, -0.2) is 53.1 Å². The first-order valence-electron chi connectivity index (χ1n) is 8.81. The average Bonchev–Trinajstić information content (AvgIpc) is 2.70. The van der Waals surface area contributed by atoms with E-state index in [1.807, 2.05) is 0 Å². The van der Waals surface area contributed by atoms with Gasteiger partial charge in [-0.15, -0.1) is 0 Å². The van der Waals surface area contributed by atoms with E-state index in [1.165, 1.54) is 31.4 Å². The first kappa shape index (κ1) is 20.0. The summed E-state index contributed by atoms with van der Waals surface area (Å²) in [5, 5.41) is 14.6. The molecule has 0 spiro atoms. The standard InChI is InChI=1S/C19H21FN4O3S/c1-27-18-12-16(24(25)26)6-7-17(18)21-19(28)23-10-8-22(9-11-23)13-14-2-4-15(20)5-3-14/h2-7,12H,8-11,13H2,1H3,(H,21,28). The van der Waals surface area contributed by atoms with Crippen molar-refractivity contribution in [1.29, 1.82) is 0 Å². The molecule has 1 heterocycles. The maximum absolute atomic E-state index is 13.0. The van der Waals surface area contributed by atoms with Gasteiger partial charge in [-0.25, -0.2) is 4.39 Å². The summed E-state index contributed by atoms with van der Waals surface area (Å²) in [6.07, 6.45) is 0. The normalized spacial score (nSPS) is 14.6. The van der Waals surface area contributed by atoms with Crippen LogP contribution in [0.5, 0.6) is 5.75 Å². The summed E-state index contributed by atoms with van der Waals surface area (Å²) >= 11 is 5.50. The van der Waals surface area contributed by atoms with Crippen LogP contribution in [0.25, 0.3) is 0 Å². The second kappa shape index (κ2) is 8.94. The number of nitro benzene ring substituents is 1. The Kier molecular flexibility index (Phi) is 6.37. The maximum atomic E-state index is 13.0. The van der Waals surface area contributed by atoms with Crippen molar-refractivity contribution in [2.75, 3.05) is 38.6 Å². The van der Waals surface area contributed by atoms with Gasteiger partial charge in [0.1, 0.15) is 11.6 Å². The number of nitro groups is 1. The van der Waals surface area contributed by atoms with E-state index in [4.69, 9.17) is 17.0 Å². The number of hydrogen-bond acceptors (Lipinski definition) is 5. The van der Waals surface area contributed by atoms with E-state index in [0.29, 0.717) is 16.5 Å². The number of nitrogens with one attached hydrogen (secondary N) is 1. The summed E-state index contributed by atoms with van der Waals surface area (Å²) in [6.45, 7) is 3.93. The number of non-ortho nitro benzene ring substituents is 1. The lowest BCUT2D eigenvalue weighted by atomic mass is 10.2. The van der Waals surface area contributed by atoms with E-state index in [1.54, 1.807) is 18.2 Å². The van der Waals surface area contributed by atoms with Crippen LogP contribution in [0.3, 0.4) is 0 Å². The first-order chi connectivity index (χ1) is 13.5. The zero-order valence-corrected chi connectivity index (χ0v) is 16.2. The van der Waals surface area contributed by atoms with Crippen LogP contribution in [-0.2, 0) is 6.54 Å². The molecule has 1 saturated heterocycles. The maximum Gasteiger partial charge on any atom is 0.273 e. The molecular weight excluding hydrogens is 383 g/mol. The van der Waals surface area contributed by atoms with E-state index in [9.17, 15) is 14.5 Å². The van der Waals surface area contributed by atoms with Gasteiger partial charge < -0.3 is 15.0 Å². The van der Waals surface area contributed by atoms with Crippen LogP contribution in [0.2, 0.25) is 0 Å². The molecule has 28 heavy (non-hydrogen) atoms. The number of halogens is 1. The molecule has 0 bridgehead atoms. The zero-order chi connectivity index (χ0) is 20.1. The second-order valence-corrected chi connectivity index (χ2v) is 6.85. The van der Waals surface area contributed by atoms with E-state index in [-0.39, 0.29) is 11.5 Å². The topological polar surface area (TPSA) is 70.9 Å². The van der Waals surface area contributed by atoms with E-state index >= 15 is 0 Å². The monoisotopic (exact) mass is 404 g/mol. The highest BCUT2D eigenvalue weighted by Crippen LogP contribution is 2.29. The van der Waals surface area contributed by atoms with Crippen LogP contribution in [0.1, 0.15) is 5.56 Å². The quantitative estimate of drug-likeness (QED) is 0.466. The molecule has 2 aromatic rings. The van der Waals surface area contributed by atoms with Gasteiger partial charge in [-0.1, -0.05) is 12.1 Å². The van der Waals surface area contributed by atoms with Gasteiger partial charge in [0, 0.05) is 38.8 Å². The highest BCUT2D eigenvalue weighted by atomic mass is 32.1. The minimum absolute atomic E-state index is 0.0391. The van der Waals surface area contributed by atoms with Crippen molar-refractivity contribution in [2.24, 2.45) is 0 Å². The molecule has 148 valence electrons. The van der Waals surface area contributed by atoms with Gasteiger partial charge in [0.2, 0.25) is 0 Å². The van der Waals surface area contributed by atoms with E-state index in [2.05, 4.69) is 15.1 Å².